The first-order valence-corrected chi connectivity index (χ1v) is 7.31. The summed E-state index contributed by atoms with van der Waals surface area (Å²) in [5.41, 5.74) is 8.74. The Labute approximate surface area is 124 Å². The number of fused-ring (bicyclic) bond motifs is 3. The highest BCUT2D eigenvalue weighted by Gasteiger charge is 2.48. The van der Waals surface area contributed by atoms with Gasteiger partial charge < -0.3 is 16.1 Å². The Morgan fingerprint density at radius 1 is 1.38 bits per heavy atom. The Morgan fingerprint density at radius 3 is 2.71 bits per heavy atom. The molecule has 114 valence electrons. The predicted molar refractivity (Wildman–Crippen MR) is 78.7 cm³/mol. The summed E-state index contributed by atoms with van der Waals surface area (Å²) in [6.45, 7) is 5.79. The van der Waals surface area contributed by atoms with Crippen molar-refractivity contribution in [1.82, 2.24) is 21.5 Å². The normalized spacial score (nSPS) is 27.3. The molecule has 3 aliphatic rings. The molecule has 2 unspecified atom stereocenters. The molecule has 3 atom stereocenters. The summed E-state index contributed by atoms with van der Waals surface area (Å²) in [5.74, 6) is 0.133. The molecule has 1 aliphatic heterocycles. The number of hydrogen-bond acceptors (Lipinski definition) is 4. The Morgan fingerprint density at radius 2 is 2.10 bits per heavy atom. The molecule has 0 bridgehead atoms. The standard InChI is InChI=1S/C15H22N4O2/c1-15(2,3)12(14(21)16-4)17-13(20)11-9-6-7-5-8(7)10(9)18-19-11/h6,8,10,12,18-19H,5H2,1-4H3,(H,16,21)(H,17,20)/t8?,10?,12-/m1/s1. The van der Waals surface area contributed by atoms with Crippen LogP contribution in [0.25, 0.3) is 0 Å². The van der Waals surface area contributed by atoms with Gasteiger partial charge in [0.1, 0.15) is 11.7 Å². The quantitative estimate of drug-likeness (QED) is 0.587. The molecule has 0 aromatic rings. The van der Waals surface area contributed by atoms with Gasteiger partial charge in [0, 0.05) is 18.5 Å². The lowest BCUT2D eigenvalue weighted by Gasteiger charge is -2.30. The van der Waals surface area contributed by atoms with Crippen LogP contribution in [0.3, 0.4) is 0 Å². The molecule has 6 nitrogen and oxygen atoms in total. The fourth-order valence-corrected chi connectivity index (χ4v) is 3.04. The summed E-state index contributed by atoms with van der Waals surface area (Å²) in [7, 11) is 1.58. The van der Waals surface area contributed by atoms with Crippen LogP contribution in [0.1, 0.15) is 27.2 Å². The van der Waals surface area contributed by atoms with Crippen LogP contribution in [0, 0.1) is 11.3 Å². The lowest BCUT2D eigenvalue weighted by molar-refractivity contribution is -0.129. The topological polar surface area (TPSA) is 82.3 Å². The van der Waals surface area contributed by atoms with E-state index in [1.807, 2.05) is 20.8 Å². The SMILES string of the molecule is CNC(=O)[C@@H](NC(=O)C1=C2C=C3CC3C2NN1)C(C)(C)C. The van der Waals surface area contributed by atoms with Crippen LogP contribution in [0.5, 0.6) is 0 Å². The number of hydrogen-bond donors (Lipinski definition) is 4. The first-order chi connectivity index (χ1) is 9.82. The van der Waals surface area contributed by atoms with E-state index in [0.29, 0.717) is 11.6 Å². The van der Waals surface area contributed by atoms with Crippen LogP contribution in [0.2, 0.25) is 0 Å². The average molecular weight is 290 g/mol. The van der Waals surface area contributed by atoms with Crippen LogP contribution in [0.4, 0.5) is 0 Å². The third kappa shape index (κ3) is 2.33. The lowest BCUT2D eigenvalue weighted by Crippen LogP contribution is -2.54. The van der Waals surface area contributed by atoms with Crippen molar-refractivity contribution in [3.63, 3.8) is 0 Å². The van der Waals surface area contributed by atoms with E-state index in [1.54, 1.807) is 7.05 Å². The molecule has 1 fully saturated rings. The maximum absolute atomic E-state index is 12.5. The van der Waals surface area contributed by atoms with E-state index in [-0.39, 0.29) is 23.3 Å². The second-order valence-corrected chi connectivity index (χ2v) is 6.99. The van der Waals surface area contributed by atoms with Gasteiger partial charge in [-0.2, -0.15) is 0 Å². The molecule has 2 amide bonds. The van der Waals surface area contributed by atoms with Crippen molar-refractivity contribution in [3.05, 3.63) is 22.9 Å². The van der Waals surface area contributed by atoms with Gasteiger partial charge in [0.2, 0.25) is 5.91 Å². The Kier molecular flexibility index (Phi) is 3.09. The molecule has 4 N–H and O–H groups in total. The summed E-state index contributed by atoms with van der Waals surface area (Å²) in [6.07, 6.45) is 3.23. The van der Waals surface area contributed by atoms with Crippen molar-refractivity contribution in [3.8, 4) is 0 Å². The van der Waals surface area contributed by atoms with Crippen molar-refractivity contribution in [1.29, 1.82) is 0 Å². The number of likely N-dealkylation sites (N-methyl/N-ethyl adjacent to an activating group) is 1. The highest BCUT2D eigenvalue weighted by molar-refractivity contribution is 5.98. The highest BCUT2D eigenvalue weighted by Crippen LogP contribution is 2.50. The molecular formula is C15H22N4O2. The predicted octanol–water partition coefficient (Wildman–Crippen LogP) is -0.0463. The van der Waals surface area contributed by atoms with Gasteiger partial charge in [0.25, 0.3) is 5.91 Å². The number of nitrogens with one attached hydrogen (secondary N) is 4. The smallest absolute Gasteiger partial charge is 0.269 e. The van der Waals surface area contributed by atoms with E-state index < -0.39 is 6.04 Å². The van der Waals surface area contributed by atoms with Gasteiger partial charge in [-0.1, -0.05) is 32.4 Å². The summed E-state index contributed by atoms with van der Waals surface area (Å²) in [4.78, 5) is 24.5. The van der Waals surface area contributed by atoms with Gasteiger partial charge in [-0.05, 0) is 11.8 Å². The van der Waals surface area contributed by atoms with Crippen molar-refractivity contribution >= 4 is 11.8 Å². The Bertz CT molecular complexity index is 571. The molecule has 0 aromatic heterocycles. The Balaban J connectivity index is 1.78. The number of carbonyl (C=O) groups is 2. The third-order valence-electron chi connectivity index (χ3n) is 4.37. The number of hydrazine groups is 1. The summed E-state index contributed by atoms with van der Waals surface area (Å²) in [6, 6.07) is -0.360. The van der Waals surface area contributed by atoms with E-state index in [0.717, 1.165) is 12.0 Å². The van der Waals surface area contributed by atoms with Crippen molar-refractivity contribution in [2.45, 2.75) is 39.3 Å². The van der Waals surface area contributed by atoms with Crippen LogP contribution >= 0.6 is 0 Å². The molecule has 21 heavy (non-hydrogen) atoms. The van der Waals surface area contributed by atoms with Gasteiger partial charge in [-0.25, -0.2) is 5.43 Å². The third-order valence-corrected chi connectivity index (χ3v) is 4.37. The van der Waals surface area contributed by atoms with Crippen molar-refractivity contribution < 1.29 is 9.59 Å². The average Bonchev–Trinajstić information content (AvgIpc) is 2.89. The second-order valence-electron chi connectivity index (χ2n) is 6.99. The van der Waals surface area contributed by atoms with Crippen LogP contribution in [-0.4, -0.2) is 30.9 Å². The van der Waals surface area contributed by atoms with Gasteiger partial charge in [-0.3, -0.25) is 9.59 Å². The van der Waals surface area contributed by atoms with Gasteiger partial charge in [0.05, 0.1) is 6.04 Å². The van der Waals surface area contributed by atoms with Crippen LogP contribution in [0.15, 0.2) is 22.9 Å². The number of carbonyl (C=O) groups excluding carboxylic acids is 2. The maximum Gasteiger partial charge on any atom is 0.269 e. The molecule has 0 aromatic carbocycles. The van der Waals surface area contributed by atoms with Gasteiger partial charge in [-0.15, -0.1) is 0 Å². The molecule has 0 saturated heterocycles. The highest BCUT2D eigenvalue weighted by atomic mass is 16.2. The van der Waals surface area contributed by atoms with Crippen molar-refractivity contribution in [2.24, 2.45) is 11.3 Å². The van der Waals surface area contributed by atoms with Crippen LogP contribution < -0.4 is 21.5 Å². The minimum absolute atomic E-state index is 0.184. The van der Waals surface area contributed by atoms with Crippen LogP contribution in [-0.2, 0) is 9.59 Å². The number of rotatable bonds is 3. The van der Waals surface area contributed by atoms with E-state index in [2.05, 4.69) is 27.6 Å². The molecule has 2 aliphatic carbocycles. The minimum Gasteiger partial charge on any atom is -0.357 e. The molecule has 0 spiro atoms. The first kappa shape index (κ1) is 14.1. The van der Waals surface area contributed by atoms with Gasteiger partial charge in [0.15, 0.2) is 0 Å². The monoisotopic (exact) mass is 290 g/mol. The fraction of sp³-hybridized carbons (Fsp3) is 0.600. The molecule has 3 rings (SSSR count). The zero-order valence-electron chi connectivity index (χ0n) is 12.8. The molecule has 6 heteroatoms. The number of amides is 2. The summed E-state index contributed by atoms with van der Waals surface area (Å²) >= 11 is 0. The summed E-state index contributed by atoms with van der Waals surface area (Å²) < 4.78 is 0. The zero-order valence-corrected chi connectivity index (χ0v) is 12.8. The van der Waals surface area contributed by atoms with E-state index in [1.165, 1.54) is 5.57 Å². The fourth-order valence-electron chi connectivity index (χ4n) is 3.04. The van der Waals surface area contributed by atoms with E-state index in [4.69, 9.17) is 0 Å². The first-order valence-electron chi connectivity index (χ1n) is 7.31. The zero-order chi connectivity index (χ0) is 15.4. The van der Waals surface area contributed by atoms with E-state index in [9.17, 15) is 9.59 Å². The molecular weight excluding hydrogens is 268 g/mol. The molecule has 1 saturated carbocycles. The summed E-state index contributed by atoms with van der Waals surface area (Å²) in [5, 5.41) is 5.46. The molecule has 1 heterocycles. The maximum atomic E-state index is 12.5. The van der Waals surface area contributed by atoms with E-state index >= 15 is 0 Å². The Hall–Kier alpha value is -1.82. The van der Waals surface area contributed by atoms with Crippen molar-refractivity contribution in [2.75, 3.05) is 7.05 Å². The van der Waals surface area contributed by atoms with Gasteiger partial charge >= 0.3 is 0 Å². The molecule has 0 radical (unpaired) electrons. The second kappa shape index (κ2) is 4.59. The largest absolute Gasteiger partial charge is 0.357 e. The minimum atomic E-state index is -0.576. The lowest BCUT2D eigenvalue weighted by atomic mass is 9.86.